The van der Waals surface area contributed by atoms with Crippen LogP contribution in [0.2, 0.25) is 0 Å². The van der Waals surface area contributed by atoms with Crippen LogP contribution in [-0.2, 0) is 19.0 Å². The molecule has 0 amide bonds. The molecule has 0 saturated carbocycles. The highest BCUT2D eigenvalue weighted by atomic mass is 32.1. The second-order valence-electron chi connectivity index (χ2n) is 5.71. The molecule has 0 radical (unpaired) electrons. The van der Waals surface area contributed by atoms with Gasteiger partial charge in [0.1, 0.15) is 0 Å². The number of para-hydroxylation sites is 1. The van der Waals surface area contributed by atoms with Gasteiger partial charge in [-0.2, -0.15) is 18.3 Å². The topological polar surface area (TPSA) is 30.7 Å². The van der Waals surface area contributed by atoms with E-state index in [2.05, 4.69) is 10.1 Å². The molecule has 7 heteroatoms. The van der Waals surface area contributed by atoms with Gasteiger partial charge in [-0.3, -0.25) is 0 Å². The van der Waals surface area contributed by atoms with Crippen LogP contribution in [-0.4, -0.2) is 14.8 Å². The molecular formula is C16H14F3N3S. The molecule has 0 fully saturated rings. The van der Waals surface area contributed by atoms with Crippen LogP contribution in [0, 0.1) is 0 Å². The molecule has 0 bridgehead atoms. The standard InChI is InChI=1S/C16H14F3N3S/c17-16(18,19)14-10-6-2-1-3-7-11(10)21-22(14)15-20-12-8-4-5-9-13(12)23-15/h4-5,8-9H,1-3,6-7H2. The Labute approximate surface area is 134 Å². The molecule has 0 unspecified atom stereocenters. The van der Waals surface area contributed by atoms with Gasteiger partial charge < -0.3 is 0 Å². The molecule has 1 aromatic carbocycles. The Morgan fingerprint density at radius 1 is 1.04 bits per heavy atom. The highest BCUT2D eigenvalue weighted by molar-refractivity contribution is 7.20. The number of halogens is 3. The first kappa shape index (κ1) is 14.7. The van der Waals surface area contributed by atoms with Crippen LogP contribution >= 0.6 is 11.3 Å². The van der Waals surface area contributed by atoms with Crippen LogP contribution in [0.5, 0.6) is 0 Å². The highest BCUT2D eigenvalue weighted by Crippen LogP contribution is 2.38. The smallest absolute Gasteiger partial charge is 0.218 e. The summed E-state index contributed by atoms with van der Waals surface area (Å²) in [7, 11) is 0. The summed E-state index contributed by atoms with van der Waals surface area (Å²) in [5, 5.41) is 4.57. The molecule has 0 N–H and O–H groups in total. The third kappa shape index (κ3) is 2.52. The van der Waals surface area contributed by atoms with Gasteiger partial charge in [0.2, 0.25) is 5.13 Å². The Balaban J connectivity index is 1.94. The lowest BCUT2D eigenvalue weighted by Crippen LogP contribution is -2.15. The Bertz CT molecular complexity index is 830. The van der Waals surface area contributed by atoms with Crippen LogP contribution in [0.4, 0.5) is 13.2 Å². The van der Waals surface area contributed by atoms with E-state index in [1.165, 1.54) is 11.3 Å². The average molecular weight is 337 g/mol. The summed E-state index contributed by atoms with van der Waals surface area (Å²) in [4.78, 5) is 4.34. The summed E-state index contributed by atoms with van der Waals surface area (Å²) in [5.74, 6) is 0. The van der Waals surface area contributed by atoms with Crippen molar-refractivity contribution in [3.63, 3.8) is 0 Å². The molecule has 2 heterocycles. The summed E-state index contributed by atoms with van der Waals surface area (Å²) < 4.78 is 42.9. The summed E-state index contributed by atoms with van der Waals surface area (Å²) in [5.41, 5.74) is 0.989. The first-order valence-electron chi connectivity index (χ1n) is 7.58. The van der Waals surface area contributed by atoms with Crippen molar-refractivity contribution in [2.24, 2.45) is 0 Å². The van der Waals surface area contributed by atoms with Crippen LogP contribution in [0.3, 0.4) is 0 Å². The molecular weight excluding hydrogens is 323 g/mol. The third-order valence-corrected chi connectivity index (χ3v) is 5.15. The van der Waals surface area contributed by atoms with Crippen molar-refractivity contribution in [2.75, 3.05) is 0 Å². The minimum Gasteiger partial charge on any atom is -0.218 e. The maximum Gasteiger partial charge on any atom is 0.433 e. The molecule has 120 valence electrons. The van der Waals surface area contributed by atoms with Gasteiger partial charge in [0.25, 0.3) is 0 Å². The fourth-order valence-corrected chi connectivity index (χ4v) is 4.03. The lowest BCUT2D eigenvalue weighted by atomic mass is 10.1. The molecule has 0 aliphatic heterocycles. The number of benzene rings is 1. The number of thiazole rings is 1. The van der Waals surface area contributed by atoms with Gasteiger partial charge in [0.05, 0.1) is 15.9 Å². The number of hydrogen-bond acceptors (Lipinski definition) is 3. The summed E-state index contributed by atoms with van der Waals surface area (Å²) in [6.07, 6.45) is -0.758. The minimum atomic E-state index is -4.43. The number of hydrogen-bond donors (Lipinski definition) is 0. The van der Waals surface area contributed by atoms with Crippen molar-refractivity contribution in [3.8, 4) is 5.13 Å². The molecule has 3 nitrogen and oxygen atoms in total. The number of fused-ring (bicyclic) bond motifs is 2. The van der Waals surface area contributed by atoms with Crippen molar-refractivity contribution >= 4 is 21.6 Å². The zero-order valence-corrected chi connectivity index (χ0v) is 13.0. The van der Waals surface area contributed by atoms with Crippen LogP contribution < -0.4 is 0 Å². The SMILES string of the molecule is FC(F)(F)c1c2c(nn1-c1nc3ccccc3s1)CCCCC2. The lowest BCUT2D eigenvalue weighted by molar-refractivity contribution is -0.143. The van der Waals surface area contributed by atoms with E-state index < -0.39 is 11.9 Å². The first-order chi connectivity index (χ1) is 11.0. The van der Waals surface area contributed by atoms with Crippen molar-refractivity contribution in [3.05, 3.63) is 41.2 Å². The molecule has 0 saturated heterocycles. The Kier molecular flexibility index (Phi) is 3.41. The normalized spacial score (nSPS) is 15.6. The molecule has 2 aromatic heterocycles. The summed E-state index contributed by atoms with van der Waals surface area (Å²) in [6, 6.07) is 7.34. The molecule has 3 aromatic rings. The first-order valence-corrected chi connectivity index (χ1v) is 8.39. The van der Waals surface area contributed by atoms with E-state index in [0.717, 1.165) is 28.6 Å². The van der Waals surface area contributed by atoms with E-state index >= 15 is 0 Å². The van der Waals surface area contributed by atoms with Crippen LogP contribution in [0.1, 0.15) is 36.2 Å². The second kappa shape index (κ2) is 5.33. The monoisotopic (exact) mass is 337 g/mol. The van der Waals surface area contributed by atoms with E-state index in [1.54, 1.807) is 6.07 Å². The van der Waals surface area contributed by atoms with Gasteiger partial charge in [-0.15, -0.1) is 0 Å². The largest absolute Gasteiger partial charge is 0.433 e. The van der Waals surface area contributed by atoms with E-state index in [4.69, 9.17) is 0 Å². The molecule has 0 atom stereocenters. The predicted octanol–water partition coefficient (Wildman–Crippen LogP) is 4.77. The Hall–Kier alpha value is -1.89. The molecule has 1 aliphatic rings. The average Bonchev–Trinajstić information content (AvgIpc) is 3.02. The molecule has 4 rings (SSSR count). The van der Waals surface area contributed by atoms with Gasteiger partial charge in [0.15, 0.2) is 5.69 Å². The zero-order chi connectivity index (χ0) is 16.0. The lowest BCUT2D eigenvalue weighted by Gasteiger charge is -2.10. The Morgan fingerprint density at radius 3 is 2.61 bits per heavy atom. The highest BCUT2D eigenvalue weighted by Gasteiger charge is 2.41. The van der Waals surface area contributed by atoms with Crippen molar-refractivity contribution in [2.45, 2.75) is 38.3 Å². The summed E-state index contributed by atoms with van der Waals surface area (Å²) >= 11 is 1.24. The minimum absolute atomic E-state index is 0.284. The fraction of sp³-hybridized carbons (Fsp3) is 0.375. The Morgan fingerprint density at radius 2 is 1.83 bits per heavy atom. The molecule has 1 aliphatic carbocycles. The number of aromatic nitrogens is 3. The van der Waals surface area contributed by atoms with Gasteiger partial charge in [0, 0.05) is 5.56 Å². The maximum absolute atomic E-state index is 13.7. The predicted molar refractivity (Wildman–Crippen MR) is 83.0 cm³/mol. The molecule has 0 spiro atoms. The fourth-order valence-electron chi connectivity index (χ4n) is 3.11. The zero-order valence-electron chi connectivity index (χ0n) is 12.2. The van der Waals surface area contributed by atoms with Crippen LogP contribution in [0.25, 0.3) is 15.3 Å². The second-order valence-corrected chi connectivity index (χ2v) is 6.72. The summed E-state index contributed by atoms with van der Waals surface area (Å²) in [6.45, 7) is 0. The van der Waals surface area contributed by atoms with Gasteiger partial charge in [-0.05, 0) is 37.8 Å². The van der Waals surface area contributed by atoms with Crippen molar-refractivity contribution in [1.82, 2.24) is 14.8 Å². The van der Waals surface area contributed by atoms with Crippen LogP contribution in [0.15, 0.2) is 24.3 Å². The van der Waals surface area contributed by atoms with Gasteiger partial charge in [-0.25, -0.2) is 9.67 Å². The van der Waals surface area contributed by atoms with Gasteiger partial charge in [-0.1, -0.05) is 29.9 Å². The van der Waals surface area contributed by atoms with Crippen molar-refractivity contribution in [1.29, 1.82) is 0 Å². The van der Waals surface area contributed by atoms with Gasteiger partial charge >= 0.3 is 6.18 Å². The van der Waals surface area contributed by atoms with E-state index in [-0.39, 0.29) is 5.13 Å². The quantitative estimate of drug-likeness (QED) is 0.599. The number of rotatable bonds is 1. The van der Waals surface area contributed by atoms with Crippen molar-refractivity contribution < 1.29 is 13.2 Å². The number of alkyl halides is 3. The maximum atomic E-state index is 13.7. The van der Waals surface area contributed by atoms with E-state index in [0.29, 0.717) is 29.6 Å². The number of aryl methyl sites for hydroxylation is 1. The number of nitrogens with zero attached hydrogens (tertiary/aromatic N) is 3. The van der Waals surface area contributed by atoms with E-state index in [1.807, 2.05) is 18.2 Å². The third-order valence-electron chi connectivity index (χ3n) is 4.14. The molecule has 23 heavy (non-hydrogen) atoms. The van der Waals surface area contributed by atoms with E-state index in [9.17, 15) is 13.2 Å².